The molecule has 0 aliphatic carbocycles. The third kappa shape index (κ3) is 2.96. The number of imide groups is 1. The molecule has 0 N–H and O–H groups in total. The SMILES string of the molecule is O=C1C2CCCN2C(=O)N1CCCOc1ccc([N+](=O)[O-])cc1. The number of ether oxygens (including phenoxy) is 1. The second-order valence-corrected chi connectivity index (χ2v) is 5.58. The highest BCUT2D eigenvalue weighted by atomic mass is 16.6. The van der Waals surface area contributed by atoms with Crippen molar-refractivity contribution in [1.82, 2.24) is 9.80 Å². The van der Waals surface area contributed by atoms with E-state index in [1.807, 2.05) is 0 Å². The number of nitrogens with zero attached hydrogens (tertiary/aromatic N) is 3. The molecule has 2 heterocycles. The van der Waals surface area contributed by atoms with Crippen LogP contribution in [0.25, 0.3) is 0 Å². The van der Waals surface area contributed by atoms with Crippen LogP contribution in [0, 0.1) is 10.1 Å². The molecule has 2 aliphatic heterocycles. The van der Waals surface area contributed by atoms with Gasteiger partial charge in [0, 0.05) is 25.2 Å². The van der Waals surface area contributed by atoms with Crippen LogP contribution < -0.4 is 4.74 Å². The molecule has 1 atom stereocenters. The maximum absolute atomic E-state index is 12.1. The Kier molecular flexibility index (Phi) is 4.14. The lowest BCUT2D eigenvalue weighted by Gasteiger charge is -2.15. The molecule has 3 rings (SSSR count). The second kappa shape index (κ2) is 6.23. The number of carbonyl (C=O) groups excluding carboxylic acids is 2. The smallest absolute Gasteiger partial charge is 0.327 e. The average molecular weight is 319 g/mol. The Morgan fingerprint density at radius 1 is 1.26 bits per heavy atom. The number of urea groups is 1. The predicted molar refractivity (Wildman–Crippen MR) is 80.0 cm³/mol. The number of rotatable bonds is 6. The van der Waals surface area contributed by atoms with Crippen molar-refractivity contribution in [2.45, 2.75) is 25.3 Å². The van der Waals surface area contributed by atoms with E-state index in [0.717, 1.165) is 12.8 Å². The number of nitro groups is 1. The first kappa shape index (κ1) is 15.3. The van der Waals surface area contributed by atoms with Gasteiger partial charge in [0.05, 0.1) is 11.5 Å². The molecule has 122 valence electrons. The fraction of sp³-hybridized carbons (Fsp3) is 0.467. The standard InChI is InChI=1S/C15H17N3O5/c19-14-13-3-1-8-16(13)15(20)17(14)9-2-10-23-12-6-4-11(5-7-12)18(21)22/h4-7,13H,1-3,8-10H2. The lowest BCUT2D eigenvalue weighted by Crippen LogP contribution is -2.34. The first-order valence-corrected chi connectivity index (χ1v) is 7.57. The van der Waals surface area contributed by atoms with E-state index in [1.165, 1.54) is 29.2 Å². The van der Waals surface area contributed by atoms with Crippen LogP contribution in [0.2, 0.25) is 0 Å². The van der Waals surface area contributed by atoms with Gasteiger partial charge in [-0.15, -0.1) is 0 Å². The highest BCUT2D eigenvalue weighted by Crippen LogP contribution is 2.27. The van der Waals surface area contributed by atoms with E-state index in [-0.39, 0.29) is 23.7 Å². The van der Waals surface area contributed by atoms with Crippen molar-refractivity contribution in [2.75, 3.05) is 19.7 Å². The molecule has 0 radical (unpaired) electrons. The van der Waals surface area contributed by atoms with Gasteiger partial charge in [0.15, 0.2) is 0 Å². The van der Waals surface area contributed by atoms with Crippen LogP contribution in [0.1, 0.15) is 19.3 Å². The fourth-order valence-electron chi connectivity index (χ4n) is 2.96. The van der Waals surface area contributed by atoms with Gasteiger partial charge in [-0.2, -0.15) is 0 Å². The zero-order valence-corrected chi connectivity index (χ0v) is 12.5. The molecule has 1 aromatic carbocycles. The van der Waals surface area contributed by atoms with Crippen molar-refractivity contribution in [3.05, 3.63) is 34.4 Å². The summed E-state index contributed by atoms with van der Waals surface area (Å²) in [6.07, 6.45) is 2.16. The van der Waals surface area contributed by atoms with Crippen LogP contribution in [0.3, 0.4) is 0 Å². The van der Waals surface area contributed by atoms with E-state index in [4.69, 9.17) is 4.74 Å². The summed E-state index contributed by atoms with van der Waals surface area (Å²) in [5, 5.41) is 10.6. The Morgan fingerprint density at radius 2 is 2.00 bits per heavy atom. The minimum absolute atomic E-state index is 0.00574. The summed E-state index contributed by atoms with van der Waals surface area (Å²) in [6, 6.07) is 5.33. The molecule has 2 aliphatic rings. The number of amides is 3. The van der Waals surface area contributed by atoms with Crippen LogP contribution in [0.15, 0.2) is 24.3 Å². The van der Waals surface area contributed by atoms with Gasteiger partial charge in [0.25, 0.3) is 11.6 Å². The van der Waals surface area contributed by atoms with Crippen molar-refractivity contribution in [3.8, 4) is 5.75 Å². The van der Waals surface area contributed by atoms with Crippen molar-refractivity contribution in [1.29, 1.82) is 0 Å². The zero-order valence-electron chi connectivity index (χ0n) is 12.5. The van der Waals surface area contributed by atoms with Crippen molar-refractivity contribution in [3.63, 3.8) is 0 Å². The number of hydrogen-bond donors (Lipinski definition) is 0. The largest absolute Gasteiger partial charge is 0.494 e. The van der Waals surface area contributed by atoms with E-state index in [9.17, 15) is 19.7 Å². The van der Waals surface area contributed by atoms with Crippen LogP contribution >= 0.6 is 0 Å². The van der Waals surface area contributed by atoms with E-state index in [2.05, 4.69) is 0 Å². The minimum Gasteiger partial charge on any atom is -0.494 e. The monoisotopic (exact) mass is 319 g/mol. The molecule has 2 saturated heterocycles. The lowest BCUT2D eigenvalue weighted by atomic mass is 10.2. The molecular formula is C15H17N3O5. The van der Waals surface area contributed by atoms with Gasteiger partial charge in [0.2, 0.25) is 0 Å². The zero-order chi connectivity index (χ0) is 16.4. The third-order valence-electron chi connectivity index (χ3n) is 4.12. The number of benzene rings is 1. The number of fused-ring (bicyclic) bond motifs is 1. The van der Waals surface area contributed by atoms with Crippen molar-refractivity contribution < 1.29 is 19.2 Å². The lowest BCUT2D eigenvalue weighted by molar-refractivity contribution is -0.384. The molecule has 2 fully saturated rings. The van der Waals surface area contributed by atoms with Crippen LogP contribution in [-0.4, -0.2) is 52.4 Å². The molecule has 0 spiro atoms. The summed E-state index contributed by atoms with van der Waals surface area (Å²) < 4.78 is 5.48. The summed E-state index contributed by atoms with van der Waals surface area (Å²) >= 11 is 0. The fourth-order valence-corrected chi connectivity index (χ4v) is 2.96. The van der Waals surface area contributed by atoms with Gasteiger partial charge < -0.3 is 9.64 Å². The molecule has 3 amide bonds. The summed E-state index contributed by atoms with van der Waals surface area (Å²) in [7, 11) is 0. The second-order valence-electron chi connectivity index (χ2n) is 5.58. The van der Waals surface area contributed by atoms with Crippen molar-refractivity contribution in [2.24, 2.45) is 0 Å². The molecular weight excluding hydrogens is 302 g/mol. The number of carbonyl (C=O) groups is 2. The maximum atomic E-state index is 12.1. The highest BCUT2D eigenvalue weighted by molar-refractivity contribution is 6.04. The molecule has 8 heteroatoms. The number of non-ortho nitro benzene ring substituents is 1. The third-order valence-corrected chi connectivity index (χ3v) is 4.12. The van der Waals surface area contributed by atoms with Crippen molar-refractivity contribution >= 4 is 17.6 Å². The van der Waals surface area contributed by atoms with Gasteiger partial charge in [-0.3, -0.25) is 19.8 Å². The molecule has 1 unspecified atom stereocenters. The number of nitro benzene ring substituents is 1. The molecule has 23 heavy (non-hydrogen) atoms. The highest BCUT2D eigenvalue weighted by Gasteiger charge is 2.46. The molecule has 0 bridgehead atoms. The topological polar surface area (TPSA) is 93.0 Å². The Labute approximate surface area is 132 Å². The van der Waals surface area contributed by atoms with Gasteiger partial charge in [-0.05, 0) is 31.4 Å². The van der Waals surface area contributed by atoms with E-state index in [0.29, 0.717) is 31.9 Å². The molecule has 8 nitrogen and oxygen atoms in total. The predicted octanol–water partition coefficient (Wildman–Crippen LogP) is 1.79. The first-order valence-electron chi connectivity index (χ1n) is 7.57. The average Bonchev–Trinajstić information content (AvgIpc) is 3.10. The Bertz CT molecular complexity index is 609. The molecule has 0 saturated carbocycles. The Balaban J connectivity index is 1.46. The van der Waals surface area contributed by atoms with Crippen LogP contribution in [0.4, 0.5) is 10.5 Å². The molecule has 0 aromatic heterocycles. The van der Waals surface area contributed by atoms with Crippen LogP contribution in [-0.2, 0) is 4.79 Å². The summed E-state index contributed by atoms with van der Waals surface area (Å²) in [5.41, 5.74) is 0.00574. The minimum atomic E-state index is -0.472. The first-order chi connectivity index (χ1) is 11.1. The van der Waals surface area contributed by atoms with Gasteiger partial charge >= 0.3 is 6.03 Å². The Hall–Kier alpha value is -2.64. The number of hydrogen-bond acceptors (Lipinski definition) is 5. The van der Waals surface area contributed by atoms with Gasteiger partial charge in [-0.25, -0.2) is 4.79 Å². The van der Waals surface area contributed by atoms with E-state index >= 15 is 0 Å². The normalized spacial score (nSPS) is 20.1. The quantitative estimate of drug-likeness (QED) is 0.345. The van der Waals surface area contributed by atoms with E-state index in [1.54, 1.807) is 4.90 Å². The van der Waals surface area contributed by atoms with Crippen LogP contribution in [0.5, 0.6) is 5.75 Å². The van der Waals surface area contributed by atoms with Gasteiger partial charge in [-0.1, -0.05) is 0 Å². The maximum Gasteiger partial charge on any atom is 0.327 e. The summed E-state index contributed by atoms with van der Waals surface area (Å²) in [4.78, 5) is 37.2. The summed E-state index contributed by atoms with van der Waals surface area (Å²) in [5.74, 6) is 0.415. The molecule has 1 aromatic rings. The van der Waals surface area contributed by atoms with Gasteiger partial charge in [0.1, 0.15) is 11.8 Å². The summed E-state index contributed by atoms with van der Waals surface area (Å²) in [6.45, 7) is 1.32. The Morgan fingerprint density at radius 3 is 2.65 bits per heavy atom. The van der Waals surface area contributed by atoms with E-state index < -0.39 is 4.92 Å².